The maximum Gasteiger partial charge on any atom is 0.328 e. The highest BCUT2D eigenvalue weighted by Crippen LogP contribution is 2.17. The van der Waals surface area contributed by atoms with Gasteiger partial charge in [0, 0.05) is 5.69 Å². The average molecular weight is 303 g/mol. The summed E-state index contributed by atoms with van der Waals surface area (Å²) < 4.78 is 35.8. The van der Waals surface area contributed by atoms with Gasteiger partial charge >= 0.3 is 5.97 Å². The molecule has 0 bridgehead atoms. The molecule has 2 N–H and O–H groups in total. The minimum absolute atomic E-state index is 0.0351. The second-order valence-corrected chi connectivity index (χ2v) is 5.66. The van der Waals surface area contributed by atoms with Crippen molar-refractivity contribution in [2.75, 3.05) is 25.0 Å². The smallest absolute Gasteiger partial charge is 0.328 e. The number of carbonyl (C=O) groups is 1. The van der Waals surface area contributed by atoms with Crippen LogP contribution < -0.4 is 9.46 Å². The maximum absolute atomic E-state index is 12.0. The summed E-state index contributed by atoms with van der Waals surface area (Å²) in [6.07, 6.45) is 0. The molecule has 0 aliphatic carbocycles. The molecule has 0 heterocycles. The Hall–Kier alpha value is -1.80. The highest BCUT2D eigenvalue weighted by atomic mass is 32.2. The molecule has 0 aliphatic rings. The highest BCUT2D eigenvalue weighted by molar-refractivity contribution is 7.94. The molecule has 0 radical (unpaired) electrons. The van der Waals surface area contributed by atoms with Crippen molar-refractivity contribution in [1.29, 1.82) is 0 Å². The summed E-state index contributed by atoms with van der Waals surface area (Å²) in [6.45, 7) is 0.730. The minimum Gasteiger partial charge on any atom is -0.497 e. The zero-order valence-electron chi connectivity index (χ0n) is 11.2. The maximum atomic E-state index is 12.0. The van der Waals surface area contributed by atoms with E-state index in [-0.39, 0.29) is 12.3 Å². The Morgan fingerprint density at radius 2 is 1.95 bits per heavy atom. The molecule has 8 heteroatoms. The van der Waals surface area contributed by atoms with Crippen molar-refractivity contribution >= 4 is 21.7 Å². The first-order chi connectivity index (χ1) is 9.44. The van der Waals surface area contributed by atoms with E-state index >= 15 is 0 Å². The Morgan fingerprint density at radius 3 is 2.40 bits per heavy atom. The Bertz CT molecular complexity index is 540. The number of carbonyl (C=O) groups excluding carboxylic acids is 1. The van der Waals surface area contributed by atoms with Gasteiger partial charge in [-0.3, -0.25) is 9.52 Å². The predicted molar refractivity (Wildman–Crippen MR) is 73.0 cm³/mol. The minimum atomic E-state index is -4.08. The quantitative estimate of drug-likeness (QED) is 0.705. The Morgan fingerprint density at radius 1 is 1.35 bits per heavy atom. The monoisotopic (exact) mass is 303 g/mol. The lowest BCUT2D eigenvalue weighted by Crippen LogP contribution is -2.39. The van der Waals surface area contributed by atoms with Crippen molar-refractivity contribution in [2.24, 2.45) is 0 Å². The zero-order valence-corrected chi connectivity index (χ0v) is 12.0. The molecule has 1 unspecified atom stereocenters. The average Bonchev–Trinajstić information content (AvgIpc) is 2.39. The number of rotatable bonds is 7. The van der Waals surface area contributed by atoms with Crippen LogP contribution in [-0.2, 0) is 19.6 Å². The number of sulfonamides is 1. The normalized spacial score (nSPS) is 12.6. The molecule has 0 aliphatic heterocycles. The van der Waals surface area contributed by atoms with E-state index in [2.05, 4.69) is 9.46 Å². The van der Waals surface area contributed by atoms with Gasteiger partial charge in [-0.1, -0.05) is 0 Å². The molecule has 7 nitrogen and oxygen atoms in total. The third-order valence-corrected chi connectivity index (χ3v) is 4.05. The lowest BCUT2D eigenvalue weighted by molar-refractivity contribution is -0.143. The topological polar surface area (TPSA) is 102 Å². The number of nitrogens with one attached hydrogen (secondary N) is 1. The predicted octanol–water partition coefficient (Wildman–Crippen LogP) is 0.361. The molecule has 0 saturated carbocycles. The number of hydrogen-bond acceptors (Lipinski definition) is 6. The van der Waals surface area contributed by atoms with Crippen LogP contribution in [0.25, 0.3) is 0 Å². The number of hydrogen-bond donors (Lipinski definition) is 2. The van der Waals surface area contributed by atoms with Crippen LogP contribution in [0.1, 0.15) is 6.92 Å². The van der Waals surface area contributed by atoms with E-state index in [0.29, 0.717) is 5.75 Å². The summed E-state index contributed by atoms with van der Waals surface area (Å²) in [5, 5.41) is 7.42. The number of aliphatic hydroxyl groups excluding tert-OH is 1. The van der Waals surface area contributed by atoms with Crippen molar-refractivity contribution in [3.63, 3.8) is 0 Å². The van der Waals surface area contributed by atoms with Gasteiger partial charge in [-0.25, -0.2) is 8.42 Å². The second-order valence-electron chi connectivity index (χ2n) is 3.80. The number of esters is 1. The van der Waals surface area contributed by atoms with Crippen LogP contribution in [0.4, 0.5) is 5.69 Å². The second kappa shape index (κ2) is 7.11. The Kier molecular flexibility index (Phi) is 5.78. The van der Waals surface area contributed by atoms with Crippen molar-refractivity contribution < 1.29 is 27.8 Å². The lowest BCUT2D eigenvalue weighted by atomic mass is 10.3. The summed E-state index contributed by atoms with van der Waals surface area (Å²) in [6, 6.07) is 6.10. The van der Waals surface area contributed by atoms with Gasteiger partial charge in [-0.2, -0.15) is 0 Å². The molecule has 0 amide bonds. The molecule has 1 rings (SSSR count). The molecular formula is C12H17NO6S. The van der Waals surface area contributed by atoms with Crippen LogP contribution >= 0.6 is 0 Å². The lowest BCUT2D eigenvalue weighted by Gasteiger charge is -2.15. The Labute approximate surface area is 117 Å². The van der Waals surface area contributed by atoms with E-state index in [9.17, 15) is 13.2 Å². The van der Waals surface area contributed by atoms with E-state index in [1.165, 1.54) is 19.2 Å². The molecule has 0 aromatic heterocycles. The molecule has 1 aromatic carbocycles. The number of anilines is 1. The third kappa shape index (κ3) is 4.10. The largest absolute Gasteiger partial charge is 0.497 e. The Balaban J connectivity index is 2.88. The van der Waals surface area contributed by atoms with E-state index in [1.54, 1.807) is 19.1 Å². The summed E-state index contributed by atoms with van der Waals surface area (Å²) in [4.78, 5) is 11.5. The first-order valence-electron chi connectivity index (χ1n) is 5.87. The summed E-state index contributed by atoms with van der Waals surface area (Å²) in [7, 11) is -2.59. The number of methoxy groups -OCH3 is 1. The van der Waals surface area contributed by atoms with E-state index in [1.807, 2.05) is 0 Å². The first kappa shape index (κ1) is 16.3. The molecule has 0 saturated heterocycles. The van der Waals surface area contributed by atoms with Gasteiger partial charge in [-0.05, 0) is 31.2 Å². The van der Waals surface area contributed by atoms with Crippen molar-refractivity contribution in [3.8, 4) is 5.75 Å². The zero-order chi connectivity index (χ0) is 15.2. The van der Waals surface area contributed by atoms with Crippen LogP contribution in [0.2, 0.25) is 0 Å². The van der Waals surface area contributed by atoms with Crippen LogP contribution in [0.15, 0.2) is 24.3 Å². The van der Waals surface area contributed by atoms with Crippen LogP contribution in [-0.4, -0.2) is 45.1 Å². The summed E-state index contributed by atoms with van der Waals surface area (Å²) in [5.74, 6) is -0.423. The third-order valence-electron chi connectivity index (χ3n) is 2.44. The van der Waals surface area contributed by atoms with Crippen molar-refractivity contribution in [1.82, 2.24) is 0 Å². The van der Waals surface area contributed by atoms with Gasteiger partial charge in [0.1, 0.15) is 5.75 Å². The van der Waals surface area contributed by atoms with E-state index < -0.39 is 27.8 Å². The van der Waals surface area contributed by atoms with Gasteiger partial charge < -0.3 is 14.6 Å². The molecule has 0 fully saturated rings. The first-order valence-corrected chi connectivity index (χ1v) is 7.42. The van der Waals surface area contributed by atoms with Gasteiger partial charge in [0.05, 0.1) is 20.3 Å². The number of ether oxygens (including phenoxy) is 2. The highest BCUT2D eigenvalue weighted by Gasteiger charge is 2.33. The van der Waals surface area contributed by atoms with Crippen LogP contribution in [0.3, 0.4) is 0 Å². The van der Waals surface area contributed by atoms with Crippen molar-refractivity contribution in [2.45, 2.75) is 12.2 Å². The number of benzene rings is 1. The summed E-state index contributed by atoms with van der Waals surface area (Å²) >= 11 is 0. The molecule has 0 spiro atoms. The van der Waals surface area contributed by atoms with Gasteiger partial charge in [0.15, 0.2) is 5.25 Å². The standard InChI is InChI=1S/C12H17NO6S/c1-3-19-12(15)11(8-14)20(16,17)13-9-4-6-10(18-2)7-5-9/h4-7,11,13-14H,3,8H2,1-2H3. The van der Waals surface area contributed by atoms with Gasteiger partial charge in [0.25, 0.3) is 0 Å². The van der Waals surface area contributed by atoms with Crippen LogP contribution in [0, 0.1) is 0 Å². The molecule has 112 valence electrons. The van der Waals surface area contributed by atoms with E-state index in [0.717, 1.165) is 0 Å². The fourth-order valence-corrected chi connectivity index (χ4v) is 2.55. The number of aliphatic hydroxyl groups is 1. The molecule has 1 atom stereocenters. The van der Waals surface area contributed by atoms with Crippen LogP contribution in [0.5, 0.6) is 5.75 Å². The summed E-state index contributed by atoms with van der Waals surface area (Å²) in [5.41, 5.74) is 0.258. The van der Waals surface area contributed by atoms with Gasteiger partial charge in [0.2, 0.25) is 10.0 Å². The van der Waals surface area contributed by atoms with E-state index in [4.69, 9.17) is 9.84 Å². The fourth-order valence-electron chi connectivity index (χ4n) is 1.43. The SMILES string of the molecule is CCOC(=O)C(CO)S(=O)(=O)Nc1ccc(OC)cc1. The fraction of sp³-hybridized carbons (Fsp3) is 0.417. The molecule has 20 heavy (non-hydrogen) atoms. The molecule has 1 aromatic rings. The van der Waals surface area contributed by atoms with Crippen molar-refractivity contribution in [3.05, 3.63) is 24.3 Å². The van der Waals surface area contributed by atoms with Gasteiger partial charge in [-0.15, -0.1) is 0 Å². The molecular weight excluding hydrogens is 286 g/mol.